The molecule has 4 aliphatic rings. The number of aliphatic hydroxyl groups is 1. The first kappa shape index (κ1) is 64.6. The summed E-state index contributed by atoms with van der Waals surface area (Å²) in [7, 11) is 0. The van der Waals surface area contributed by atoms with Crippen LogP contribution in [-0.4, -0.2) is 167 Å². The molecule has 1 saturated carbocycles. The first-order valence-electron chi connectivity index (χ1n) is 29.6. The number of hydrogen-bond donors (Lipinski definition) is 3. The first-order valence-corrected chi connectivity index (χ1v) is 34.7. The second kappa shape index (κ2) is 30.8. The number of aliphatic hydroxyl groups excluding tert-OH is 1. The van der Waals surface area contributed by atoms with Crippen molar-refractivity contribution < 1.29 is 62.2 Å². The van der Waals surface area contributed by atoms with Crippen LogP contribution in [-0.2, 0) is 63.7 Å². The number of ether oxygens (including phenoxy) is 8. The maximum atomic E-state index is 14.1. The van der Waals surface area contributed by atoms with Crippen LogP contribution in [0.15, 0.2) is 72.2 Å². The van der Waals surface area contributed by atoms with Gasteiger partial charge in [-0.3, -0.25) is 4.79 Å². The normalized spacial score (nSPS) is 23.6. The van der Waals surface area contributed by atoms with Gasteiger partial charge in [-0.1, -0.05) is 72.3 Å². The summed E-state index contributed by atoms with van der Waals surface area (Å²) in [6.07, 6.45) is 2.85. The van der Waals surface area contributed by atoms with E-state index in [1.54, 1.807) is 11.3 Å². The number of alkyl halides is 3. The molecule has 1 aliphatic carbocycles. The van der Waals surface area contributed by atoms with Crippen molar-refractivity contribution in [1.82, 2.24) is 20.5 Å². The number of nitrogens with zero attached hydrogens (tertiary/aromatic N) is 2. The minimum Gasteiger partial charge on any atom is -0.368 e. The number of carbonyl (C=O) groups excluding carboxylic acids is 4. The zero-order valence-corrected chi connectivity index (χ0v) is 52.9. The maximum Gasteiger partial charge on any atom is 0.115 e. The van der Waals surface area contributed by atoms with Crippen molar-refractivity contribution in [2.24, 2.45) is 5.41 Å². The van der Waals surface area contributed by atoms with Gasteiger partial charge in [0.05, 0.1) is 48.0 Å². The van der Waals surface area contributed by atoms with E-state index in [-0.39, 0.29) is 43.6 Å². The second-order valence-electron chi connectivity index (χ2n) is 23.7. The number of aromatic nitrogens is 1. The molecule has 456 valence electrons. The molecule has 1 spiro atoms. The van der Waals surface area contributed by atoms with Gasteiger partial charge in [-0.05, 0) is 93.7 Å². The zero-order chi connectivity index (χ0) is 59.1. The fraction of sp³-hybridized carbons (Fsp3) is 0.609. The maximum absolute atomic E-state index is 14.1. The molecule has 0 radical (unpaired) electrons. The molecule has 1 aromatic heterocycles. The van der Waals surface area contributed by atoms with Crippen LogP contribution < -0.4 is 10.6 Å². The van der Waals surface area contributed by atoms with Crippen LogP contribution in [0.4, 0.5) is 0 Å². The summed E-state index contributed by atoms with van der Waals surface area (Å²) in [4.78, 5) is 61.6. The van der Waals surface area contributed by atoms with Crippen LogP contribution >= 0.6 is 31.2 Å². The molecule has 17 nitrogen and oxygen atoms in total. The minimum atomic E-state index is -1.12. The van der Waals surface area contributed by atoms with E-state index in [9.17, 15) is 24.3 Å². The number of likely N-dealkylation sites (tertiary alicyclic amines) is 1. The number of benzene rings is 3. The Hall–Kier alpha value is -4.42. The molecule has 3 aromatic carbocycles. The molecular weight excluding hydrogens is 1190 g/mol. The molecule has 19 heteroatoms. The molecule has 4 aromatic rings. The Kier molecular flexibility index (Phi) is 23.9. The van der Waals surface area contributed by atoms with Gasteiger partial charge in [-0.2, -0.15) is 0 Å². The number of hydrogen-bond acceptors (Lipinski definition) is 15. The average molecular weight is 1280 g/mol. The van der Waals surface area contributed by atoms with Gasteiger partial charge >= 0.3 is 233 Å². The van der Waals surface area contributed by atoms with Crippen LogP contribution in [0.3, 0.4) is 0 Å². The van der Waals surface area contributed by atoms with Crippen molar-refractivity contribution >= 4 is 54.8 Å². The summed E-state index contributed by atoms with van der Waals surface area (Å²) in [5.41, 5.74) is 8.84. The average Bonchev–Trinajstić information content (AvgIpc) is 3.57. The number of amides is 3. The van der Waals surface area contributed by atoms with Gasteiger partial charge in [0, 0.05) is 0 Å². The number of esters is 1. The van der Waals surface area contributed by atoms with Gasteiger partial charge in [-0.25, -0.2) is 4.98 Å². The smallest absolute Gasteiger partial charge is 0.115 e. The Balaban J connectivity index is 0.620. The van der Waals surface area contributed by atoms with Gasteiger partial charge in [0.15, 0.2) is 0 Å². The summed E-state index contributed by atoms with van der Waals surface area (Å²) in [6, 6.07) is 20.2. The van der Waals surface area contributed by atoms with E-state index in [2.05, 4.69) is 48.5 Å². The van der Waals surface area contributed by atoms with Gasteiger partial charge in [0.1, 0.15) is 17.6 Å². The quantitative estimate of drug-likeness (QED) is 0.0187. The topological polar surface area (TPSA) is 203 Å². The molecule has 3 amide bonds. The summed E-state index contributed by atoms with van der Waals surface area (Å²) in [5, 5.41) is 16.6. The SMILES string of the molecule is Cc1cc(C)c(C2C(=O)OC3(CCC(OCCOCCOCCOCCOCCC4CI4CCOCC(=O)N[C@H](C(=O)N4C[C@H](O)C[C@H]4C(=O)N[C@@H](C)c4ccc(-c5scnc5C)cc4)C(C)(C)C)CC3)C2OCc2ccccc2)c(C)c1. The van der Waals surface area contributed by atoms with E-state index < -0.39 is 72.9 Å². The number of β-amino-alcohol motifs (C(OH)–C–C–N with tert-alkyl or cyclic N) is 1. The molecule has 3 saturated heterocycles. The molecule has 3 aliphatic heterocycles. The van der Waals surface area contributed by atoms with Crippen molar-refractivity contribution in [2.45, 2.75) is 152 Å². The molecule has 4 fully saturated rings. The zero-order valence-electron chi connectivity index (χ0n) is 49.9. The van der Waals surface area contributed by atoms with Gasteiger partial charge < -0.3 is 18.9 Å². The second-order valence-corrected chi connectivity index (χ2v) is 31.1. The number of aryl methyl sites for hydroxylation is 4. The van der Waals surface area contributed by atoms with Gasteiger partial charge in [0.2, 0.25) is 0 Å². The largest absolute Gasteiger partial charge is 0.368 e. The Morgan fingerprint density at radius 2 is 1.47 bits per heavy atom. The molecule has 8 rings (SSSR count). The molecule has 3 unspecified atom stereocenters. The van der Waals surface area contributed by atoms with Gasteiger partial charge in [-0.15, -0.1) is 11.3 Å². The predicted octanol–water partition coefficient (Wildman–Crippen LogP) is 8.70. The molecule has 7 atom stereocenters. The fourth-order valence-corrected chi connectivity index (χ4v) is 19.0. The predicted molar refractivity (Wildman–Crippen MR) is 328 cm³/mol. The van der Waals surface area contributed by atoms with E-state index >= 15 is 0 Å². The van der Waals surface area contributed by atoms with E-state index in [1.165, 1.54) is 14.9 Å². The summed E-state index contributed by atoms with van der Waals surface area (Å²) >= 11 is 0.466. The summed E-state index contributed by atoms with van der Waals surface area (Å²) in [6.45, 7) is 21.0. The van der Waals surface area contributed by atoms with Crippen molar-refractivity contribution in [3.63, 3.8) is 0 Å². The van der Waals surface area contributed by atoms with Crippen molar-refractivity contribution in [3.05, 3.63) is 111 Å². The van der Waals surface area contributed by atoms with Crippen LogP contribution in [0, 0.1) is 33.1 Å². The van der Waals surface area contributed by atoms with E-state index in [0.717, 1.165) is 71.6 Å². The van der Waals surface area contributed by atoms with Crippen LogP contribution in [0.1, 0.15) is 117 Å². The summed E-state index contributed by atoms with van der Waals surface area (Å²) in [5.74, 6) is -1.83. The van der Waals surface area contributed by atoms with Crippen molar-refractivity contribution in [2.75, 3.05) is 88.1 Å². The standard InChI is InChI=1S/C64H89IN4O13S/c1-42-34-43(2)55(44(3)35-42)56-59(81-39-47-12-10-9-11-13-47)64(82-62(56)74)21-18-52(19-22-64)80-33-32-78-31-30-77-29-28-76-27-26-75-24-20-50-37-65(50)23-25-79-40-54(71)68-58(63(6,7)8)61(73)69-38-51(70)36-53(69)60(72)67-45(4)48-14-16-49(17-15-48)57-46(5)66-41-83-57/h9-17,34-35,41,45,50-53,56,58-59,70H,18-33,36-40H2,1-8H3,(H,67,72)(H,68,71)/t45-,50?,51+,52?,53-,56?,58+,59?,64?/m0/s1. The molecule has 83 heavy (non-hydrogen) atoms. The summed E-state index contributed by atoms with van der Waals surface area (Å²) < 4.78 is 51.1. The first-order chi connectivity index (χ1) is 39.9. The Morgan fingerprint density at radius 1 is 0.831 bits per heavy atom. The number of halogens is 1. The Bertz CT molecular complexity index is 2710. The van der Waals surface area contributed by atoms with Crippen molar-refractivity contribution in [3.8, 4) is 10.4 Å². The number of nitrogens with one attached hydrogen (secondary N) is 2. The van der Waals surface area contributed by atoms with E-state index in [4.69, 9.17) is 37.9 Å². The van der Waals surface area contributed by atoms with Crippen LogP contribution in [0.2, 0.25) is 0 Å². The molecule has 4 heterocycles. The Labute approximate surface area is 502 Å². The van der Waals surface area contributed by atoms with Gasteiger partial charge in [0.25, 0.3) is 0 Å². The molecule has 0 bridgehead atoms. The third kappa shape index (κ3) is 18.1. The van der Waals surface area contributed by atoms with Crippen LogP contribution in [0.25, 0.3) is 10.4 Å². The molecular formula is C64H89IN4O13S. The third-order valence-corrected chi connectivity index (χ3v) is 23.6. The van der Waals surface area contributed by atoms with Crippen molar-refractivity contribution in [1.29, 1.82) is 0 Å². The number of rotatable bonds is 31. The number of thiazole rings is 1. The fourth-order valence-electron chi connectivity index (χ4n) is 11.8. The van der Waals surface area contributed by atoms with E-state index in [1.807, 2.05) is 94.7 Å². The number of carbonyl (C=O) groups is 4. The van der Waals surface area contributed by atoms with Crippen LogP contribution in [0.5, 0.6) is 0 Å². The van der Waals surface area contributed by atoms with E-state index in [0.29, 0.717) is 85.5 Å². The Morgan fingerprint density at radius 3 is 2.10 bits per heavy atom. The monoisotopic (exact) mass is 1280 g/mol. The molecule has 3 N–H and O–H groups in total. The third-order valence-electron chi connectivity index (χ3n) is 16.2. The minimum absolute atomic E-state index is 0.00445.